The minimum absolute atomic E-state index is 0.0397. The first-order valence-corrected chi connectivity index (χ1v) is 9.92. The normalized spacial score (nSPS) is 24.6. The quantitative estimate of drug-likeness (QED) is 0.590. The zero-order chi connectivity index (χ0) is 19.6. The lowest BCUT2D eigenvalue weighted by Gasteiger charge is -2.49. The van der Waals surface area contributed by atoms with E-state index < -0.39 is 12.0 Å². The number of rotatable bonds is 3. The van der Waals surface area contributed by atoms with E-state index in [4.69, 9.17) is 28.6 Å². The Morgan fingerprint density at radius 3 is 2.85 bits per heavy atom. The summed E-state index contributed by atoms with van der Waals surface area (Å²) in [7, 11) is 1.32. The fourth-order valence-corrected chi connectivity index (χ4v) is 4.39. The van der Waals surface area contributed by atoms with Gasteiger partial charge in [0.05, 0.1) is 19.6 Å². The topological polar surface area (TPSA) is 70.7 Å². The van der Waals surface area contributed by atoms with Crippen molar-refractivity contribution in [3.63, 3.8) is 0 Å². The molecule has 1 saturated carbocycles. The van der Waals surface area contributed by atoms with E-state index in [0.29, 0.717) is 10.1 Å². The number of halogens is 1. The van der Waals surface area contributed by atoms with E-state index in [1.54, 1.807) is 6.07 Å². The first-order valence-electron chi connectivity index (χ1n) is 9.13. The minimum atomic E-state index is -0.683. The standard InChI is InChI=1S/C19H24ClN3O3S/c1-11-7-8-12(9-13(11)20)21-19(27)23-15-6-4-3-5-14(15)22-18(25)16(23)10-17(24)26-2/h7-9,14-16H,3-6,10H2,1-2H3,(H,21,27)(H,22,25)/t14-,15+,16-/m1/s1. The monoisotopic (exact) mass is 409 g/mol. The third kappa shape index (κ3) is 4.35. The number of hydrogen-bond donors (Lipinski definition) is 2. The molecular weight excluding hydrogens is 386 g/mol. The SMILES string of the molecule is COC(=O)C[C@@H]1C(=O)N[C@@H]2CCCC[C@@H]2N1C(=S)Nc1ccc(C)c(Cl)c1. The van der Waals surface area contributed by atoms with Crippen molar-refractivity contribution in [3.8, 4) is 0 Å². The highest BCUT2D eigenvalue weighted by Crippen LogP contribution is 2.30. The maximum absolute atomic E-state index is 12.7. The molecule has 146 valence electrons. The lowest BCUT2D eigenvalue weighted by Crippen LogP contribution is -2.68. The Balaban J connectivity index is 1.86. The van der Waals surface area contributed by atoms with Gasteiger partial charge in [-0.1, -0.05) is 30.5 Å². The van der Waals surface area contributed by atoms with Crippen LogP contribution in [0.2, 0.25) is 5.02 Å². The summed E-state index contributed by atoms with van der Waals surface area (Å²) in [4.78, 5) is 26.5. The summed E-state index contributed by atoms with van der Waals surface area (Å²) in [6.07, 6.45) is 3.93. The number of benzene rings is 1. The Bertz CT molecular complexity index is 758. The molecule has 1 amide bonds. The lowest BCUT2D eigenvalue weighted by molar-refractivity contribution is -0.146. The third-order valence-corrected chi connectivity index (χ3v) is 6.02. The van der Waals surface area contributed by atoms with E-state index in [1.807, 2.05) is 24.0 Å². The van der Waals surface area contributed by atoms with E-state index >= 15 is 0 Å². The Labute approximate surface area is 169 Å². The highest BCUT2D eigenvalue weighted by Gasteiger charge is 2.44. The summed E-state index contributed by atoms with van der Waals surface area (Å²) in [6.45, 7) is 1.93. The highest BCUT2D eigenvalue weighted by molar-refractivity contribution is 7.80. The fraction of sp³-hybridized carbons (Fsp3) is 0.526. The summed E-state index contributed by atoms with van der Waals surface area (Å²) >= 11 is 11.9. The molecule has 1 aromatic carbocycles. The van der Waals surface area contributed by atoms with E-state index in [0.717, 1.165) is 36.9 Å². The van der Waals surface area contributed by atoms with Crippen LogP contribution in [-0.2, 0) is 14.3 Å². The molecule has 1 aromatic rings. The Morgan fingerprint density at radius 2 is 2.15 bits per heavy atom. The van der Waals surface area contributed by atoms with Crippen LogP contribution in [-0.4, -0.2) is 47.1 Å². The molecule has 1 aliphatic carbocycles. The number of thiocarbonyl (C=S) groups is 1. The van der Waals surface area contributed by atoms with Gasteiger partial charge in [0, 0.05) is 16.8 Å². The predicted octanol–water partition coefficient (Wildman–Crippen LogP) is 3.02. The van der Waals surface area contributed by atoms with Crippen molar-refractivity contribution in [2.24, 2.45) is 0 Å². The molecule has 6 nitrogen and oxygen atoms in total. The number of fused-ring (bicyclic) bond motifs is 1. The smallest absolute Gasteiger partial charge is 0.308 e. The van der Waals surface area contributed by atoms with Gasteiger partial charge in [-0.05, 0) is 49.7 Å². The number of amides is 1. The molecule has 27 heavy (non-hydrogen) atoms. The van der Waals surface area contributed by atoms with Gasteiger partial charge in [-0.3, -0.25) is 9.59 Å². The number of aryl methyl sites for hydroxylation is 1. The van der Waals surface area contributed by atoms with E-state index in [-0.39, 0.29) is 24.4 Å². The van der Waals surface area contributed by atoms with Crippen LogP contribution in [0.1, 0.15) is 37.7 Å². The number of carbonyl (C=O) groups excluding carboxylic acids is 2. The van der Waals surface area contributed by atoms with Crippen molar-refractivity contribution < 1.29 is 14.3 Å². The minimum Gasteiger partial charge on any atom is -0.469 e. The van der Waals surface area contributed by atoms with Crippen LogP contribution in [0, 0.1) is 6.92 Å². The number of ether oxygens (including phenoxy) is 1. The fourth-order valence-electron chi connectivity index (χ4n) is 3.83. The molecule has 3 rings (SSSR count). The largest absolute Gasteiger partial charge is 0.469 e. The zero-order valence-electron chi connectivity index (χ0n) is 15.5. The summed E-state index contributed by atoms with van der Waals surface area (Å²) in [5, 5.41) is 7.33. The summed E-state index contributed by atoms with van der Waals surface area (Å²) in [6, 6.07) is 5.03. The van der Waals surface area contributed by atoms with Crippen molar-refractivity contribution >= 4 is 46.5 Å². The van der Waals surface area contributed by atoms with Gasteiger partial charge in [-0.15, -0.1) is 0 Å². The second-order valence-electron chi connectivity index (χ2n) is 7.06. The number of carbonyl (C=O) groups is 2. The second kappa shape index (κ2) is 8.44. The number of methoxy groups -OCH3 is 1. The molecular formula is C19H24ClN3O3S. The van der Waals surface area contributed by atoms with Gasteiger partial charge in [0.15, 0.2) is 5.11 Å². The van der Waals surface area contributed by atoms with E-state index in [1.165, 1.54) is 7.11 Å². The number of esters is 1. The summed E-state index contributed by atoms with van der Waals surface area (Å²) in [5.41, 5.74) is 1.73. The van der Waals surface area contributed by atoms with Gasteiger partial charge in [0.25, 0.3) is 0 Å². The Kier molecular flexibility index (Phi) is 6.22. The van der Waals surface area contributed by atoms with Crippen molar-refractivity contribution in [1.29, 1.82) is 0 Å². The molecule has 0 bridgehead atoms. The highest BCUT2D eigenvalue weighted by atomic mass is 35.5. The number of piperazine rings is 1. The van der Waals surface area contributed by atoms with Crippen LogP contribution < -0.4 is 10.6 Å². The van der Waals surface area contributed by atoms with Crippen molar-refractivity contribution in [1.82, 2.24) is 10.2 Å². The molecule has 0 radical (unpaired) electrons. The molecule has 0 spiro atoms. The van der Waals surface area contributed by atoms with Gasteiger partial charge in [0.2, 0.25) is 5.91 Å². The van der Waals surface area contributed by atoms with Crippen LogP contribution in [0.25, 0.3) is 0 Å². The molecule has 2 aliphatic rings. The van der Waals surface area contributed by atoms with Gasteiger partial charge in [-0.25, -0.2) is 0 Å². The summed E-state index contributed by atoms with van der Waals surface area (Å²) in [5.74, 6) is -0.620. The van der Waals surface area contributed by atoms with Gasteiger partial charge < -0.3 is 20.3 Å². The number of nitrogens with one attached hydrogen (secondary N) is 2. The molecule has 8 heteroatoms. The number of hydrogen-bond acceptors (Lipinski definition) is 4. The van der Waals surface area contributed by atoms with Crippen molar-refractivity contribution in [2.45, 2.75) is 57.2 Å². The van der Waals surface area contributed by atoms with E-state index in [9.17, 15) is 9.59 Å². The number of anilines is 1. The molecule has 1 aliphatic heterocycles. The van der Waals surface area contributed by atoms with Gasteiger partial charge in [0.1, 0.15) is 6.04 Å². The molecule has 0 aromatic heterocycles. The lowest BCUT2D eigenvalue weighted by atomic mass is 9.85. The first kappa shape index (κ1) is 19.9. The Morgan fingerprint density at radius 1 is 1.41 bits per heavy atom. The van der Waals surface area contributed by atoms with Crippen LogP contribution >= 0.6 is 23.8 Å². The van der Waals surface area contributed by atoms with E-state index in [2.05, 4.69) is 10.6 Å². The molecule has 2 N–H and O–H groups in total. The average Bonchev–Trinajstić information content (AvgIpc) is 2.65. The van der Waals surface area contributed by atoms with Crippen LogP contribution in [0.5, 0.6) is 0 Å². The molecule has 1 heterocycles. The second-order valence-corrected chi connectivity index (χ2v) is 7.86. The maximum atomic E-state index is 12.7. The van der Waals surface area contributed by atoms with Crippen LogP contribution in [0.3, 0.4) is 0 Å². The zero-order valence-corrected chi connectivity index (χ0v) is 17.0. The molecule has 0 unspecified atom stereocenters. The average molecular weight is 410 g/mol. The van der Waals surface area contributed by atoms with Crippen molar-refractivity contribution in [3.05, 3.63) is 28.8 Å². The molecule has 1 saturated heterocycles. The maximum Gasteiger partial charge on any atom is 0.308 e. The summed E-state index contributed by atoms with van der Waals surface area (Å²) < 4.78 is 4.79. The number of nitrogens with zero attached hydrogens (tertiary/aromatic N) is 1. The van der Waals surface area contributed by atoms with Crippen molar-refractivity contribution in [2.75, 3.05) is 12.4 Å². The Hall–Kier alpha value is -1.86. The van der Waals surface area contributed by atoms with Crippen LogP contribution in [0.4, 0.5) is 5.69 Å². The van der Waals surface area contributed by atoms with Crippen LogP contribution in [0.15, 0.2) is 18.2 Å². The third-order valence-electron chi connectivity index (χ3n) is 5.30. The predicted molar refractivity (Wildman–Crippen MR) is 109 cm³/mol. The first-order chi connectivity index (χ1) is 12.9. The van der Waals surface area contributed by atoms with Gasteiger partial charge in [-0.2, -0.15) is 0 Å². The van der Waals surface area contributed by atoms with Gasteiger partial charge >= 0.3 is 5.97 Å². The molecule has 3 atom stereocenters. The molecule has 2 fully saturated rings.